The first-order valence-corrected chi connectivity index (χ1v) is 6.45. The molecule has 0 saturated carbocycles. The Bertz CT molecular complexity index is 304. The summed E-state index contributed by atoms with van der Waals surface area (Å²) in [5, 5.41) is 0. The summed E-state index contributed by atoms with van der Waals surface area (Å²) in [6, 6.07) is 9.30. The monoisotopic (exact) mass is 219 g/mol. The Hall–Kier alpha value is -0.820. The average molecular weight is 219 g/mol. The molecule has 0 radical (unpaired) electrons. The van der Waals surface area contributed by atoms with Gasteiger partial charge in [0.15, 0.2) is 0 Å². The minimum atomic E-state index is 0.355. The molecule has 1 heteroatoms. The van der Waals surface area contributed by atoms with Gasteiger partial charge < -0.3 is 5.73 Å². The average Bonchev–Trinajstić information content (AvgIpc) is 2.25. The predicted octanol–water partition coefficient (Wildman–Crippen LogP) is 3.56. The molecule has 1 atom stereocenters. The summed E-state index contributed by atoms with van der Waals surface area (Å²) in [7, 11) is 0. The number of benzene rings is 1. The van der Waals surface area contributed by atoms with Crippen molar-refractivity contribution in [2.75, 3.05) is 0 Å². The third-order valence-electron chi connectivity index (χ3n) is 2.96. The van der Waals surface area contributed by atoms with E-state index in [4.69, 9.17) is 5.73 Å². The molecule has 0 aliphatic carbocycles. The van der Waals surface area contributed by atoms with Gasteiger partial charge in [-0.2, -0.15) is 0 Å². The zero-order chi connectivity index (χ0) is 12.0. The molecule has 1 aromatic carbocycles. The summed E-state index contributed by atoms with van der Waals surface area (Å²) in [6.07, 6.45) is 4.46. The van der Waals surface area contributed by atoms with Crippen LogP contribution in [-0.2, 0) is 12.8 Å². The quantitative estimate of drug-likeness (QED) is 0.778. The lowest BCUT2D eigenvalue weighted by atomic mass is 9.98. The van der Waals surface area contributed by atoms with Crippen LogP contribution in [0.2, 0.25) is 0 Å². The summed E-state index contributed by atoms with van der Waals surface area (Å²) in [5.41, 5.74) is 8.83. The van der Waals surface area contributed by atoms with Crippen molar-refractivity contribution in [2.45, 2.75) is 52.5 Å². The highest BCUT2D eigenvalue weighted by atomic mass is 14.6. The molecule has 0 saturated heterocycles. The normalized spacial score (nSPS) is 13.1. The first-order chi connectivity index (χ1) is 7.61. The van der Waals surface area contributed by atoms with Crippen LogP contribution in [0, 0.1) is 5.92 Å². The van der Waals surface area contributed by atoms with Gasteiger partial charge in [-0.1, -0.05) is 45.0 Å². The lowest BCUT2D eigenvalue weighted by Gasteiger charge is -2.10. The first kappa shape index (κ1) is 13.2. The van der Waals surface area contributed by atoms with E-state index in [0.717, 1.165) is 25.2 Å². The fourth-order valence-electron chi connectivity index (χ4n) is 1.94. The van der Waals surface area contributed by atoms with Gasteiger partial charge in [0.1, 0.15) is 0 Å². The van der Waals surface area contributed by atoms with Gasteiger partial charge in [-0.05, 0) is 42.7 Å². The summed E-state index contributed by atoms with van der Waals surface area (Å²) in [5.74, 6) is 0.730. The molecule has 0 amide bonds. The number of hydrogen-bond acceptors (Lipinski definition) is 1. The van der Waals surface area contributed by atoms with E-state index in [1.54, 1.807) is 0 Å². The molecule has 16 heavy (non-hydrogen) atoms. The molecule has 90 valence electrons. The van der Waals surface area contributed by atoms with Crippen LogP contribution in [0.25, 0.3) is 0 Å². The predicted molar refractivity (Wildman–Crippen MR) is 71.6 cm³/mol. The van der Waals surface area contributed by atoms with Gasteiger partial charge in [0, 0.05) is 6.04 Å². The molecule has 1 unspecified atom stereocenters. The molecule has 0 heterocycles. The third kappa shape index (κ3) is 4.80. The van der Waals surface area contributed by atoms with Crippen molar-refractivity contribution in [3.05, 3.63) is 35.4 Å². The van der Waals surface area contributed by atoms with E-state index in [2.05, 4.69) is 45.0 Å². The smallest absolute Gasteiger partial charge is 0.00393 e. The van der Waals surface area contributed by atoms with E-state index < -0.39 is 0 Å². The maximum atomic E-state index is 5.94. The van der Waals surface area contributed by atoms with Gasteiger partial charge in [-0.15, -0.1) is 0 Å². The van der Waals surface area contributed by atoms with E-state index in [9.17, 15) is 0 Å². The Morgan fingerprint density at radius 3 is 2.50 bits per heavy atom. The first-order valence-electron chi connectivity index (χ1n) is 6.45. The highest BCUT2D eigenvalue weighted by molar-refractivity contribution is 5.24. The Balaban J connectivity index is 2.53. The molecule has 0 aliphatic rings. The van der Waals surface area contributed by atoms with Crippen molar-refractivity contribution in [3.8, 4) is 0 Å². The summed E-state index contributed by atoms with van der Waals surface area (Å²) < 4.78 is 0. The van der Waals surface area contributed by atoms with Gasteiger partial charge in [-0.25, -0.2) is 0 Å². The maximum absolute atomic E-state index is 5.94. The Kier molecular flexibility index (Phi) is 5.54. The zero-order valence-corrected chi connectivity index (χ0v) is 10.9. The Labute approximate surface area is 100 Å². The fraction of sp³-hybridized carbons (Fsp3) is 0.600. The lowest BCUT2D eigenvalue weighted by molar-refractivity contribution is 0.595. The van der Waals surface area contributed by atoms with Crippen molar-refractivity contribution in [1.82, 2.24) is 0 Å². The second-order valence-electron chi connectivity index (χ2n) is 5.12. The zero-order valence-electron chi connectivity index (χ0n) is 10.9. The van der Waals surface area contributed by atoms with Gasteiger partial charge in [0.25, 0.3) is 0 Å². The van der Waals surface area contributed by atoms with Crippen molar-refractivity contribution < 1.29 is 0 Å². The fourth-order valence-corrected chi connectivity index (χ4v) is 1.94. The highest BCUT2D eigenvalue weighted by Crippen LogP contribution is 2.12. The molecule has 0 aromatic heterocycles. The molecule has 1 nitrogen and oxygen atoms in total. The van der Waals surface area contributed by atoms with Crippen LogP contribution in [0.15, 0.2) is 24.3 Å². The van der Waals surface area contributed by atoms with Crippen LogP contribution in [0.1, 0.15) is 44.7 Å². The van der Waals surface area contributed by atoms with Crippen molar-refractivity contribution in [3.63, 3.8) is 0 Å². The number of nitrogens with two attached hydrogens (primary N) is 1. The Morgan fingerprint density at radius 2 is 1.88 bits per heavy atom. The molecule has 1 aromatic rings. The van der Waals surface area contributed by atoms with Crippen LogP contribution in [0.5, 0.6) is 0 Å². The van der Waals surface area contributed by atoms with Gasteiger partial charge >= 0.3 is 0 Å². The van der Waals surface area contributed by atoms with E-state index >= 15 is 0 Å². The lowest BCUT2D eigenvalue weighted by Crippen LogP contribution is -2.19. The van der Waals surface area contributed by atoms with Crippen molar-refractivity contribution in [2.24, 2.45) is 11.7 Å². The van der Waals surface area contributed by atoms with E-state index in [-0.39, 0.29) is 0 Å². The van der Waals surface area contributed by atoms with Crippen LogP contribution >= 0.6 is 0 Å². The van der Waals surface area contributed by atoms with Crippen LogP contribution < -0.4 is 5.73 Å². The maximum Gasteiger partial charge on any atom is 0.00393 e. The molecule has 0 bridgehead atoms. The van der Waals surface area contributed by atoms with E-state index in [1.165, 1.54) is 17.5 Å². The highest BCUT2D eigenvalue weighted by Gasteiger charge is 2.02. The molecule has 1 rings (SSSR count). The van der Waals surface area contributed by atoms with Crippen molar-refractivity contribution >= 4 is 0 Å². The molecular weight excluding hydrogens is 194 g/mol. The summed E-state index contributed by atoms with van der Waals surface area (Å²) in [6.45, 7) is 6.68. The topological polar surface area (TPSA) is 26.0 Å². The molecule has 2 N–H and O–H groups in total. The van der Waals surface area contributed by atoms with Crippen LogP contribution in [0.4, 0.5) is 0 Å². The molecule has 0 fully saturated rings. The van der Waals surface area contributed by atoms with Gasteiger partial charge in [0.2, 0.25) is 0 Å². The van der Waals surface area contributed by atoms with Gasteiger partial charge in [-0.3, -0.25) is 0 Å². The number of rotatable bonds is 6. The third-order valence-corrected chi connectivity index (χ3v) is 2.96. The minimum absolute atomic E-state index is 0.355. The SMILES string of the molecule is CCC(N)CCc1cccc(CC(C)C)c1. The van der Waals surface area contributed by atoms with Crippen LogP contribution in [-0.4, -0.2) is 6.04 Å². The second-order valence-corrected chi connectivity index (χ2v) is 5.12. The molecular formula is C15H25N. The minimum Gasteiger partial charge on any atom is -0.328 e. The number of aryl methyl sites for hydroxylation is 1. The largest absolute Gasteiger partial charge is 0.328 e. The molecule has 0 spiro atoms. The Morgan fingerprint density at radius 1 is 1.19 bits per heavy atom. The van der Waals surface area contributed by atoms with Crippen LogP contribution in [0.3, 0.4) is 0 Å². The van der Waals surface area contributed by atoms with E-state index in [0.29, 0.717) is 6.04 Å². The van der Waals surface area contributed by atoms with E-state index in [1.807, 2.05) is 0 Å². The standard InChI is InChI=1S/C15H25N/c1-4-15(16)9-8-13-6-5-7-14(11-13)10-12(2)3/h5-7,11-12,15H,4,8-10,16H2,1-3H3. The summed E-state index contributed by atoms with van der Waals surface area (Å²) >= 11 is 0. The number of hydrogen-bond donors (Lipinski definition) is 1. The second kappa shape index (κ2) is 6.70. The molecule has 0 aliphatic heterocycles. The van der Waals surface area contributed by atoms with Gasteiger partial charge in [0.05, 0.1) is 0 Å². The van der Waals surface area contributed by atoms with Crippen molar-refractivity contribution in [1.29, 1.82) is 0 Å². The summed E-state index contributed by atoms with van der Waals surface area (Å²) in [4.78, 5) is 0.